The summed E-state index contributed by atoms with van der Waals surface area (Å²) in [6.07, 6.45) is 1.46. The number of hydrogen-bond donors (Lipinski definition) is 2. The molecule has 7 heteroatoms. The van der Waals surface area contributed by atoms with E-state index in [1.807, 2.05) is 31.2 Å². The highest BCUT2D eigenvalue weighted by molar-refractivity contribution is 6.42. The second-order valence-electron chi connectivity index (χ2n) is 6.95. The van der Waals surface area contributed by atoms with E-state index in [0.29, 0.717) is 28.7 Å². The highest BCUT2D eigenvalue weighted by Crippen LogP contribution is 2.25. The van der Waals surface area contributed by atoms with E-state index in [1.54, 1.807) is 29.2 Å². The topological polar surface area (TPSA) is 61.4 Å². The second kappa shape index (κ2) is 9.30. The van der Waals surface area contributed by atoms with Gasteiger partial charge in [0.1, 0.15) is 0 Å². The molecule has 0 aromatic heterocycles. The molecule has 1 aliphatic heterocycles. The van der Waals surface area contributed by atoms with Crippen LogP contribution < -0.4 is 10.6 Å². The van der Waals surface area contributed by atoms with Crippen molar-refractivity contribution in [2.45, 2.75) is 31.8 Å². The lowest BCUT2D eigenvalue weighted by Crippen LogP contribution is -2.49. The van der Waals surface area contributed by atoms with Gasteiger partial charge in [0.15, 0.2) is 0 Å². The predicted octanol–water partition coefficient (Wildman–Crippen LogP) is 4.66. The lowest BCUT2D eigenvalue weighted by atomic mass is 10.0. The summed E-state index contributed by atoms with van der Waals surface area (Å²) in [5, 5.41) is 7.00. The first-order valence-electron chi connectivity index (χ1n) is 9.30. The van der Waals surface area contributed by atoms with Gasteiger partial charge in [-0.3, -0.25) is 4.79 Å². The van der Waals surface area contributed by atoms with E-state index in [4.69, 9.17) is 23.2 Å². The van der Waals surface area contributed by atoms with Gasteiger partial charge in [0, 0.05) is 24.7 Å². The van der Waals surface area contributed by atoms with Crippen molar-refractivity contribution in [1.29, 1.82) is 0 Å². The van der Waals surface area contributed by atoms with E-state index >= 15 is 0 Å². The molecule has 2 N–H and O–H groups in total. The number of likely N-dealkylation sites (tertiary alicyclic amines) is 1. The van der Waals surface area contributed by atoms with Crippen LogP contribution in [-0.4, -0.2) is 36.0 Å². The van der Waals surface area contributed by atoms with Crippen LogP contribution >= 0.6 is 23.2 Å². The van der Waals surface area contributed by atoms with Crippen LogP contribution in [0.1, 0.15) is 41.7 Å². The molecule has 28 heavy (non-hydrogen) atoms. The Morgan fingerprint density at radius 1 is 1.04 bits per heavy atom. The van der Waals surface area contributed by atoms with Crippen LogP contribution in [0.25, 0.3) is 0 Å². The Labute approximate surface area is 175 Å². The van der Waals surface area contributed by atoms with Crippen LogP contribution in [0, 0.1) is 0 Å². The van der Waals surface area contributed by atoms with Crippen LogP contribution in [0.5, 0.6) is 0 Å². The number of piperidine rings is 1. The van der Waals surface area contributed by atoms with Gasteiger partial charge in [-0.1, -0.05) is 47.5 Å². The smallest absolute Gasteiger partial charge is 0.317 e. The van der Waals surface area contributed by atoms with Crippen LogP contribution in [0.15, 0.2) is 48.5 Å². The second-order valence-corrected chi connectivity index (χ2v) is 7.76. The van der Waals surface area contributed by atoms with Crippen LogP contribution in [0.2, 0.25) is 10.0 Å². The van der Waals surface area contributed by atoms with Gasteiger partial charge in [-0.05, 0) is 49.6 Å². The minimum Gasteiger partial charge on any atom is -0.349 e. The van der Waals surface area contributed by atoms with Crippen molar-refractivity contribution >= 4 is 35.1 Å². The quantitative estimate of drug-likeness (QED) is 0.756. The van der Waals surface area contributed by atoms with Gasteiger partial charge in [0.2, 0.25) is 0 Å². The SMILES string of the molecule is C[C@H](NC(=O)N1CCC(NC(=O)c2ccccc2)CC1)c1ccc(Cl)c(Cl)c1. The van der Waals surface area contributed by atoms with E-state index in [1.165, 1.54) is 0 Å². The maximum Gasteiger partial charge on any atom is 0.317 e. The molecule has 3 amide bonds. The van der Waals surface area contributed by atoms with Gasteiger partial charge in [-0.2, -0.15) is 0 Å². The molecule has 1 saturated heterocycles. The molecule has 1 fully saturated rings. The lowest BCUT2D eigenvalue weighted by Gasteiger charge is -2.33. The number of hydrogen-bond acceptors (Lipinski definition) is 2. The van der Waals surface area contributed by atoms with Crippen molar-refractivity contribution in [3.8, 4) is 0 Å². The van der Waals surface area contributed by atoms with Gasteiger partial charge in [-0.25, -0.2) is 4.79 Å². The number of halogens is 2. The molecular weight excluding hydrogens is 397 g/mol. The lowest BCUT2D eigenvalue weighted by molar-refractivity contribution is 0.0917. The van der Waals surface area contributed by atoms with E-state index in [0.717, 1.165) is 18.4 Å². The van der Waals surface area contributed by atoms with Gasteiger partial charge in [-0.15, -0.1) is 0 Å². The molecule has 2 aromatic carbocycles. The summed E-state index contributed by atoms with van der Waals surface area (Å²) in [6.45, 7) is 3.10. The number of carbonyl (C=O) groups excluding carboxylic acids is 2. The number of carbonyl (C=O) groups is 2. The van der Waals surface area contributed by atoms with Crippen molar-refractivity contribution < 1.29 is 9.59 Å². The number of nitrogens with zero attached hydrogens (tertiary/aromatic N) is 1. The summed E-state index contributed by atoms with van der Waals surface area (Å²) in [5.74, 6) is -0.0725. The Hall–Kier alpha value is -2.24. The van der Waals surface area contributed by atoms with Crippen molar-refractivity contribution in [1.82, 2.24) is 15.5 Å². The molecule has 1 heterocycles. The normalized spacial score (nSPS) is 15.8. The molecule has 0 radical (unpaired) electrons. The number of amides is 3. The molecule has 0 saturated carbocycles. The fourth-order valence-corrected chi connectivity index (χ4v) is 3.53. The maximum atomic E-state index is 12.6. The first kappa shape index (κ1) is 20.5. The van der Waals surface area contributed by atoms with Gasteiger partial charge < -0.3 is 15.5 Å². The molecule has 1 atom stereocenters. The summed E-state index contributed by atoms with van der Waals surface area (Å²) in [4.78, 5) is 26.6. The van der Waals surface area contributed by atoms with Crippen molar-refractivity contribution in [3.63, 3.8) is 0 Å². The summed E-state index contributed by atoms with van der Waals surface area (Å²) in [7, 11) is 0. The Morgan fingerprint density at radius 3 is 2.36 bits per heavy atom. The van der Waals surface area contributed by atoms with Crippen molar-refractivity contribution in [2.24, 2.45) is 0 Å². The molecule has 0 bridgehead atoms. The predicted molar refractivity (Wildman–Crippen MR) is 112 cm³/mol. The molecule has 0 spiro atoms. The Kier molecular flexibility index (Phi) is 6.81. The average molecular weight is 420 g/mol. The summed E-state index contributed by atoms with van der Waals surface area (Å²) in [6, 6.07) is 14.3. The first-order chi connectivity index (χ1) is 13.4. The molecule has 0 aliphatic carbocycles. The monoisotopic (exact) mass is 419 g/mol. The average Bonchev–Trinajstić information content (AvgIpc) is 2.71. The fraction of sp³-hybridized carbons (Fsp3) is 0.333. The zero-order chi connectivity index (χ0) is 20.1. The third kappa shape index (κ3) is 5.18. The van der Waals surface area contributed by atoms with E-state index in [2.05, 4.69) is 10.6 Å². The summed E-state index contributed by atoms with van der Waals surface area (Å²) >= 11 is 12.0. The Morgan fingerprint density at radius 2 is 1.71 bits per heavy atom. The Bertz CT molecular complexity index is 837. The van der Waals surface area contributed by atoms with E-state index in [-0.39, 0.29) is 24.0 Å². The van der Waals surface area contributed by atoms with Gasteiger partial charge in [0.05, 0.1) is 16.1 Å². The highest BCUT2D eigenvalue weighted by Gasteiger charge is 2.25. The largest absolute Gasteiger partial charge is 0.349 e. The zero-order valence-corrected chi connectivity index (χ0v) is 17.1. The number of urea groups is 1. The van der Waals surface area contributed by atoms with Crippen LogP contribution in [0.4, 0.5) is 4.79 Å². The molecular formula is C21H23Cl2N3O2. The van der Waals surface area contributed by atoms with Gasteiger partial charge in [0.25, 0.3) is 5.91 Å². The third-order valence-corrected chi connectivity index (χ3v) is 5.68. The molecule has 0 unspecified atom stereocenters. The van der Waals surface area contributed by atoms with Crippen molar-refractivity contribution in [3.05, 3.63) is 69.7 Å². The van der Waals surface area contributed by atoms with Crippen molar-refractivity contribution in [2.75, 3.05) is 13.1 Å². The molecule has 3 rings (SSSR count). The third-order valence-electron chi connectivity index (χ3n) is 4.94. The minimum absolute atomic E-state index is 0.0725. The number of nitrogens with one attached hydrogen (secondary N) is 2. The maximum absolute atomic E-state index is 12.6. The van der Waals surface area contributed by atoms with E-state index < -0.39 is 0 Å². The van der Waals surface area contributed by atoms with Gasteiger partial charge >= 0.3 is 6.03 Å². The molecule has 5 nitrogen and oxygen atoms in total. The molecule has 2 aromatic rings. The first-order valence-corrected chi connectivity index (χ1v) is 10.1. The summed E-state index contributed by atoms with van der Waals surface area (Å²) < 4.78 is 0. The Balaban J connectivity index is 1.48. The standard InChI is InChI=1S/C21H23Cl2N3O2/c1-14(16-7-8-18(22)19(23)13-16)24-21(28)26-11-9-17(10-12-26)25-20(27)15-5-3-2-4-6-15/h2-8,13-14,17H,9-12H2,1H3,(H,24,28)(H,25,27)/t14-/m0/s1. The fourth-order valence-electron chi connectivity index (χ4n) is 3.23. The van der Waals surface area contributed by atoms with E-state index in [9.17, 15) is 9.59 Å². The zero-order valence-electron chi connectivity index (χ0n) is 15.6. The van der Waals surface area contributed by atoms with Crippen LogP contribution in [-0.2, 0) is 0 Å². The number of rotatable bonds is 4. The molecule has 148 valence electrons. The highest BCUT2D eigenvalue weighted by atomic mass is 35.5. The van der Waals surface area contributed by atoms with Crippen LogP contribution in [0.3, 0.4) is 0 Å². The number of benzene rings is 2. The minimum atomic E-state index is -0.183. The molecule has 1 aliphatic rings. The summed E-state index contributed by atoms with van der Waals surface area (Å²) in [5.41, 5.74) is 1.55.